The minimum absolute atomic E-state index is 0.0264. The van der Waals surface area contributed by atoms with Gasteiger partial charge in [-0.3, -0.25) is 9.78 Å². The van der Waals surface area contributed by atoms with Gasteiger partial charge in [0.15, 0.2) is 0 Å². The summed E-state index contributed by atoms with van der Waals surface area (Å²) in [6.45, 7) is 0.0264. The highest BCUT2D eigenvalue weighted by molar-refractivity contribution is 9.10. The van der Waals surface area contributed by atoms with Crippen molar-refractivity contribution in [2.75, 3.05) is 6.54 Å². The number of carbonyl (C=O) groups excluding carboxylic acids is 1. The van der Waals surface area contributed by atoms with E-state index in [1.807, 2.05) is 0 Å². The Bertz CT molecular complexity index is 587. The molecule has 0 saturated carbocycles. The topological polar surface area (TPSA) is 62.2 Å². The average Bonchev–Trinajstić information content (AvgIpc) is 2.44. The van der Waals surface area contributed by atoms with E-state index in [1.165, 1.54) is 18.3 Å². The molecule has 1 heterocycles. The summed E-state index contributed by atoms with van der Waals surface area (Å²) in [6, 6.07) is 7.32. The number of aromatic nitrogens is 1. The molecular weight excluding hydrogens is 327 g/mol. The van der Waals surface area contributed by atoms with Crippen LogP contribution in [0, 0.1) is 5.82 Å². The van der Waals surface area contributed by atoms with Crippen LogP contribution in [0.1, 0.15) is 22.0 Å². The lowest BCUT2D eigenvalue weighted by Gasteiger charge is -2.12. The summed E-state index contributed by atoms with van der Waals surface area (Å²) in [4.78, 5) is 15.7. The van der Waals surface area contributed by atoms with E-state index in [9.17, 15) is 14.3 Å². The standard InChI is InChI=1S/C14H12BrFN2O2/c15-11-4-10(5-12(16)6-11)14(20)18-8-13(19)9-2-1-3-17-7-9/h1-7,13,19H,8H2,(H,18,20)/t13-/m1/s1. The molecule has 2 N–H and O–H groups in total. The van der Waals surface area contributed by atoms with Crippen molar-refractivity contribution in [2.45, 2.75) is 6.10 Å². The summed E-state index contributed by atoms with van der Waals surface area (Å²) in [5.41, 5.74) is 0.795. The normalized spacial score (nSPS) is 11.9. The van der Waals surface area contributed by atoms with Gasteiger partial charge in [-0.1, -0.05) is 22.0 Å². The summed E-state index contributed by atoms with van der Waals surface area (Å²) >= 11 is 3.12. The van der Waals surface area contributed by atoms with Crippen LogP contribution in [0.5, 0.6) is 0 Å². The minimum atomic E-state index is -0.857. The van der Waals surface area contributed by atoms with Crippen LogP contribution in [0.3, 0.4) is 0 Å². The largest absolute Gasteiger partial charge is 0.387 e. The van der Waals surface area contributed by atoms with Crippen LogP contribution in [0.15, 0.2) is 47.2 Å². The van der Waals surface area contributed by atoms with Crippen LogP contribution in [0.25, 0.3) is 0 Å². The molecule has 0 unspecified atom stereocenters. The number of rotatable bonds is 4. The Kier molecular flexibility index (Phi) is 4.81. The number of hydrogen-bond donors (Lipinski definition) is 2. The van der Waals surface area contributed by atoms with Gasteiger partial charge in [0.2, 0.25) is 0 Å². The number of benzene rings is 1. The quantitative estimate of drug-likeness (QED) is 0.900. The van der Waals surface area contributed by atoms with Crippen LogP contribution < -0.4 is 5.32 Å². The van der Waals surface area contributed by atoms with E-state index >= 15 is 0 Å². The maximum Gasteiger partial charge on any atom is 0.251 e. The van der Waals surface area contributed by atoms with Gasteiger partial charge in [0.1, 0.15) is 5.82 Å². The Morgan fingerprint density at radius 1 is 1.45 bits per heavy atom. The van der Waals surface area contributed by atoms with Crippen molar-refractivity contribution in [1.82, 2.24) is 10.3 Å². The zero-order valence-electron chi connectivity index (χ0n) is 10.4. The molecule has 0 aliphatic rings. The van der Waals surface area contributed by atoms with Gasteiger partial charge in [-0.25, -0.2) is 4.39 Å². The second-order valence-corrected chi connectivity index (χ2v) is 5.09. The van der Waals surface area contributed by atoms with Crippen molar-refractivity contribution >= 4 is 21.8 Å². The van der Waals surface area contributed by atoms with Gasteiger partial charge in [-0.05, 0) is 24.3 Å². The first kappa shape index (κ1) is 14.6. The number of nitrogens with one attached hydrogen (secondary N) is 1. The molecule has 1 aromatic carbocycles. The van der Waals surface area contributed by atoms with Crippen LogP contribution >= 0.6 is 15.9 Å². The molecule has 0 aliphatic carbocycles. The highest BCUT2D eigenvalue weighted by atomic mass is 79.9. The summed E-state index contributed by atoms with van der Waals surface area (Å²) < 4.78 is 13.7. The number of amides is 1. The summed E-state index contributed by atoms with van der Waals surface area (Å²) in [5.74, 6) is -0.953. The molecule has 0 saturated heterocycles. The fourth-order valence-electron chi connectivity index (χ4n) is 1.67. The second kappa shape index (κ2) is 6.58. The lowest BCUT2D eigenvalue weighted by molar-refractivity contribution is 0.0915. The molecule has 1 atom stereocenters. The van der Waals surface area contributed by atoms with E-state index in [0.717, 1.165) is 6.07 Å². The summed E-state index contributed by atoms with van der Waals surface area (Å²) in [6.07, 6.45) is 2.26. The highest BCUT2D eigenvalue weighted by Gasteiger charge is 2.12. The first-order valence-electron chi connectivity index (χ1n) is 5.88. The molecular formula is C14H12BrFN2O2. The molecule has 0 bridgehead atoms. The van der Waals surface area contributed by atoms with Gasteiger partial charge < -0.3 is 10.4 Å². The van der Waals surface area contributed by atoms with Gasteiger partial charge in [-0.2, -0.15) is 0 Å². The van der Waals surface area contributed by atoms with Crippen molar-refractivity contribution in [3.63, 3.8) is 0 Å². The van der Waals surface area contributed by atoms with E-state index in [4.69, 9.17) is 0 Å². The van der Waals surface area contributed by atoms with Crippen molar-refractivity contribution in [2.24, 2.45) is 0 Å². The molecule has 0 spiro atoms. The highest BCUT2D eigenvalue weighted by Crippen LogP contribution is 2.15. The number of aliphatic hydroxyl groups excluding tert-OH is 1. The number of nitrogens with zero attached hydrogens (tertiary/aromatic N) is 1. The summed E-state index contributed by atoms with van der Waals surface area (Å²) in [7, 11) is 0. The molecule has 0 fully saturated rings. The van der Waals surface area contributed by atoms with Crippen LogP contribution in [-0.4, -0.2) is 22.5 Å². The number of hydrogen-bond acceptors (Lipinski definition) is 3. The Morgan fingerprint density at radius 3 is 2.90 bits per heavy atom. The van der Waals surface area contributed by atoms with Crippen molar-refractivity contribution < 1.29 is 14.3 Å². The van der Waals surface area contributed by atoms with Gasteiger partial charge in [-0.15, -0.1) is 0 Å². The average molecular weight is 339 g/mol. The Hall–Kier alpha value is -1.79. The third kappa shape index (κ3) is 3.85. The fourth-order valence-corrected chi connectivity index (χ4v) is 2.13. The third-order valence-electron chi connectivity index (χ3n) is 2.65. The first-order valence-corrected chi connectivity index (χ1v) is 6.68. The van der Waals surface area contributed by atoms with Gasteiger partial charge in [0.05, 0.1) is 6.10 Å². The SMILES string of the molecule is O=C(NC[C@@H](O)c1cccnc1)c1cc(F)cc(Br)c1. The minimum Gasteiger partial charge on any atom is -0.387 e. The lowest BCUT2D eigenvalue weighted by atomic mass is 10.1. The van der Waals surface area contributed by atoms with Gasteiger partial charge in [0, 0.05) is 34.5 Å². The Morgan fingerprint density at radius 2 is 2.25 bits per heavy atom. The predicted molar refractivity (Wildman–Crippen MR) is 75.6 cm³/mol. The van der Waals surface area contributed by atoms with E-state index in [0.29, 0.717) is 10.0 Å². The molecule has 2 rings (SSSR count). The predicted octanol–water partition coefficient (Wildman–Crippen LogP) is 2.45. The maximum absolute atomic E-state index is 13.2. The zero-order valence-corrected chi connectivity index (χ0v) is 12.0. The van der Waals surface area contributed by atoms with E-state index in [2.05, 4.69) is 26.2 Å². The molecule has 4 nitrogen and oxygen atoms in total. The van der Waals surface area contributed by atoms with E-state index in [1.54, 1.807) is 18.3 Å². The lowest BCUT2D eigenvalue weighted by Crippen LogP contribution is -2.28. The monoisotopic (exact) mass is 338 g/mol. The zero-order chi connectivity index (χ0) is 14.5. The van der Waals surface area contributed by atoms with Crippen molar-refractivity contribution in [3.8, 4) is 0 Å². The van der Waals surface area contributed by atoms with E-state index < -0.39 is 17.8 Å². The van der Waals surface area contributed by atoms with Crippen molar-refractivity contribution in [1.29, 1.82) is 0 Å². The van der Waals surface area contributed by atoms with Gasteiger partial charge >= 0.3 is 0 Å². The van der Waals surface area contributed by atoms with Crippen molar-refractivity contribution in [3.05, 3.63) is 64.1 Å². The van der Waals surface area contributed by atoms with Crippen LogP contribution in [0.2, 0.25) is 0 Å². The smallest absolute Gasteiger partial charge is 0.251 e. The molecule has 1 aromatic heterocycles. The first-order chi connectivity index (χ1) is 9.56. The molecule has 6 heteroatoms. The fraction of sp³-hybridized carbons (Fsp3) is 0.143. The van der Waals surface area contributed by atoms with Crippen LogP contribution in [0.4, 0.5) is 4.39 Å². The Balaban J connectivity index is 1.98. The maximum atomic E-state index is 13.2. The molecule has 20 heavy (non-hydrogen) atoms. The number of pyridine rings is 1. The number of halogens is 2. The Labute approximate surface area is 123 Å². The molecule has 0 radical (unpaired) electrons. The van der Waals surface area contributed by atoms with Gasteiger partial charge in [0.25, 0.3) is 5.91 Å². The number of carbonyl (C=O) groups is 1. The molecule has 104 valence electrons. The van der Waals surface area contributed by atoms with Crippen LogP contribution in [-0.2, 0) is 0 Å². The molecule has 0 aliphatic heterocycles. The molecule has 2 aromatic rings. The molecule has 1 amide bonds. The third-order valence-corrected chi connectivity index (χ3v) is 3.11. The second-order valence-electron chi connectivity index (χ2n) is 4.17. The van der Waals surface area contributed by atoms with E-state index in [-0.39, 0.29) is 12.1 Å². The number of aliphatic hydroxyl groups is 1. The summed E-state index contributed by atoms with van der Waals surface area (Å²) in [5, 5.41) is 12.4.